The number of nitrogens with zero attached hydrogens (tertiary/aromatic N) is 4. The van der Waals surface area contributed by atoms with Gasteiger partial charge in [-0.2, -0.15) is 4.98 Å². The molecule has 0 spiro atoms. The zero-order valence-corrected chi connectivity index (χ0v) is 12.0. The summed E-state index contributed by atoms with van der Waals surface area (Å²) >= 11 is 0. The summed E-state index contributed by atoms with van der Waals surface area (Å²) in [6.07, 6.45) is 3.23. The first kappa shape index (κ1) is 13.9. The standard InChI is InChI=1S/C14H13N5O3/c1-8-11(9(2)21-18-8)7-16-13(20)14-17-12(19-22-14)10-3-5-15-6-4-10/h3-6H,7H2,1-2H3,(H,16,20). The third-order valence-corrected chi connectivity index (χ3v) is 3.17. The van der Waals surface area contributed by atoms with Crippen LogP contribution in [0.15, 0.2) is 33.6 Å². The van der Waals surface area contributed by atoms with E-state index in [0.29, 0.717) is 11.6 Å². The van der Waals surface area contributed by atoms with Crippen molar-refractivity contribution in [1.29, 1.82) is 0 Å². The highest BCUT2D eigenvalue weighted by atomic mass is 16.5. The van der Waals surface area contributed by atoms with Crippen LogP contribution in [0, 0.1) is 13.8 Å². The first-order chi connectivity index (χ1) is 10.6. The van der Waals surface area contributed by atoms with Gasteiger partial charge in [0.25, 0.3) is 0 Å². The van der Waals surface area contributed by atoms with Crippen LogP contribution in [-0.4, -0.2) is 26.2 Å². The van der Waals surface area contributed by atoms with Crippen molar-refractivity contribution in [2.45, 2.75) is 20.4 Å². The average Bonchev–Trinajstić information content (AvgIpc) is 3.14. The largest absolute Gasteiger partial charge is 0.361 e. The van der Waals surface area contributed by atoms with Gasteiger partial charge in [0.2, 0.25) is 5.82 Å². The Morgan fingerprint density at radius 2 is 1.95 bits per heavy atom. The molecular weight excluding hydrogens is 286 g/mol. The molecular formula is C14H13N5O3. The van der Waals surface area contributed by atoms with Crippen molar-refractivity contribution in [1.82, 2.24) is 25.6 Å². The number of nitrogens with one attached hydrogen (secondary N) is 1. The lowest BCUT2D eigenvalue weighted by atomic mass is 10.2. The fourth-order valence-corrected chi connectivity index (χ4v) is 1.93. The Hall–Kier alpha value is -3.03. The topological polar surface area (TPSA) is 107 Å². The van der Waals surface area contributed by atoms with E-state index in [-0.39, 0.29) is 12.4 Å². The summed E-state index contributed by atoms with van der Waals surface area (Å²) < 4.78 is 10.0. The monoisotopic (exact) mass is 299 g/mol. The van der Waals surface area contributed by atoms with Gasteiger partial charge in [-0.1, -0.05) is 10.3 Å². The third-order valence-electron chi connectivity index (χ3n) is 3.17. The molecule has 3 rings (SSSR count). The molecule has 112 valence electrons. The highest BCUT2D eigenvalue weighted by molar-refractivity contribution is 5.89. The lowest BCUT2D eigenvalue weighted by Gasteiger charge is -2.00. The molecule has 0 unspecified atom stereocenters. The molecule has 22 heavy (non-hydrogen) atoms. The van der Waals surface area contributed by atoms with E-state index in [1.165, 1.54) is 0 Å². The molecule has 0 aromatic carbocycles. The maximum atomic E-state index is 12.0. The summed E-state index contributed by atoms with van der Waals surface area (Å²) in [7, 11) is 0. The molecule has 0 bridgehead atoms. The number of amides is 1. The summed E-state index contributed by atoms with van der Waals surface area (Å²) in [4.78, 5) is 20.0. The normalized spacial score (nSPS) is 10.6. The highest BCUT2D eigenvalue weighted by Gasteiger charge is 2.17. The minimum Gasteiger partial charge on any atom is -0.361 e. The molecule has 0 radical (unpaired) electrons. The van der Waals surface area contributed by atoms with E-state index in [9.17, 15) is 4.79 Å². The number of pyridine rings is 1. The molecule has 0 atom stereocenters. The van der Waals surface area contributed by atoms with E-state index in [1.54, 1.807) is 31.5 Å². The number of hydrogen-bond acceptors (Lipinski definition) is 7. The van der Waals surface area contributed by atoms with Crippen LogP contribution < -0.4 is 5.32 Å². The number of hydrogen-bond donors (Lipinski definition) is 1. The van der Waals surface area contributed by atoms with Crippen molar-refractivity contribution in [3.05, 3.63) is 47.4 Å². The van der Waals surface area contributed by atoms with E-state index in [4.69, 9.17) is 9.05 Å². The Kier molecular flexibility index (Phi) is 3.65. The lowest BCUT2D eigenvalue weighted by Crippen LogP contribution is -2.23. The first-order valence-electron chi connectivity index (χ1n) is 6.59. The number of carbonyl (C=O) groups is 1. The Morgan fingerprint density at radius 1 is 1.18 bits per heavy atom. The van der Waals surface area contributed by atoms with Crippen LogP contribution >= 0.6 is 0 Å². The maximum Gasteiger partial charge on any atom is 0.316 e. The van der Waals surface area contributed by atoms with E-state index < -0.39 is 5.91 Å². The van der Waals surface area contributed by atoms with Gasteiger partial charge in [0.05, 0.1) is 5.69 Å². The quantitative estimate of drug-likeness (QED) is 0.780. The van der Waals surface area contributed by atoms with E-state index in [1.807, 2.05) is 6.92 Å². The third kappa shape index (κ3) is 2.71. The summed E-state index contributed by atoms with van der Waals surface area (Å²) in [5, 5.41) is 10.3. The molecule has 3 aromatic heterocycles. The minimum atomic E-state index is -0.451. The summed E-state index contributed by atoms with van der Waals surface area (Å²) in [5.74, 6) is 0.456. The molecule has 3 heterocycles. The molecule has 0 aliphatic rings. The van der Waals surface area contributed by atoms with Crippen LogP contribution in [-0.2, 0) is 6.54 Å². The van der Waals surface area contributed by atoms with Crippen molar-refractivity contribution in [3.8, 4) is 11.4 Å². The average molecular weight is 299 g/mol. The fourth-order valence-electron chi connectivity index (χ4n) is 1.93. The SMILES string of the molecule is Cc1noc(C)c1CNC(=O)c1nc(-c2ccncc2)no1. The van der Waals surface area contributed by atoms with Crippen LogP contribution in [0.25, 0.3) is 11.4 Å². The summed E-state index contributed by atoms with van der Waals surface area (Å²) in [6, 6.07) is 3.47. The Bertz CT molecular complexity index is 774. The predicted molar refractivity (Wildman–Crippen MR) is 74.7 cm³/mol. The summed E-state index contributed by atoms with van der Waals surface area (Å²) in [5.41, 5.74) is 2.30. The van der Waals surface area contributed by atoms with Crippen LogP contribution in [0.3, 0.4) is 0 Å². The van der Waals surface area contributed by atoms with E-state index >= 15 is 0 Å². The van der Waals surface area contributed by atoms with Gasteiger partial charge in [0.15, 0.2) is 0 Å². The van der Waals surface area contributed by atoms with Crippen LogP contribution in [0.2, 0.25) is 0 Å². The molecule has 3 aromatic rings. The zero-order valence-electron chi connectivity index (χ0n) is 12.0. The molecule has 0 saturated heterocycles. The Morgan fingerprint density at radius 3 is 2.64 bits per heavy atom. The second-order valence-electron chi connectivity index (χ2n) is 4.64. The predicted octanol–water partition coefficient (Wildman–Crippen LogP) is 1.67. The van der Waals surface area contributed by atoms with E-state index in [2.05, 4.69) is 25.6 Å². The first-order valence-corrected chi connectivity index (χ1v) is 6.59. The van der Waals surface area contributed by atoms with Gasteiger partial charge in [0, 0.05) is 30.1 Å². The van der Waals surface area contributed by atoms with Gasteiger partial charge in [-0.25, -0.2) is 0 Å². The van der Waals surface area contributed by atoms with Gasteiger partial charge in [-0.15, -0.1) is 0 Å². The van der Waals surface area contributed by atoms with Crippen LogP contribution in [0.5, 0.6) is 0 Å². The summed E-state index contributed by atoms with van der Waals surface area (Å²) in [6.45, 7) is 3.88. The van der Waals surface area contributed by atoms with Gasteiger partial charge >= 0.3 is 11.8 Å². The second-order valence-corrected chi connectivity index (χ2v) is 4.64. The molecule has 1 N–H and O–H groups in total. The molecule has 0 aliphatic carbocycles. The molecule has 0 saturated carbocycles. The van der Waals surface area contributed by atoms with Gasteiger partial charge < -0.3 is 14.4 Å². The number of rotatable bonds is 4. The van der Waals surface area contributed by atoms with Crippen molar-refractivity contribution in [3.63, 3.8) is 0 Å². The van der Waals surface area contributed by atoms with Crippen LogP contribution in [0.1, 0.15) is 27.7 Å². The number of aromatic nitrogens is 4. The number of aryl methyl sites for hydroxylation is 2. The highest BCUT2D eigenvalue weighted by Crippen LogP contribution is 2.15. The van der Waals surface area contributed by atoms with Gasteiger partial charge in [0.1, 0.15) is 5.76 Å². The van der Waals surface area contributed by atoms with Crippen LogP contribution in [0.4, 0.5) is 0 Å². The van der Waals surface area contributed by atoms with Crippen molar-refractivity contribution in [2.24, 2.45) is 0 Å². The Labute approximate surface area is 125 Å². The van der Waals surface area contributed by atoms with Gasteiger partial charge in [-0.3, -0.25) is 9.78 Å². The lowest BCUT2D eigenvalue weighted by molar-refractivity contribution is 0.0907. The second kappa shape index (κ2) is 5.76. The molecule has 8 heteroatoms. The number of carbonyl (C=O) groups excluding carboxylic acids is 1. The van der Waals surface area contributed by atoms with E-state index in [0.717, 1.165) is 16.8 Å². The smallest absolute Gasteiger partial charge is 0.316 e. The molecule has 8 nitrogen and oxygen atoms in total. The maximum absolute atomic E-state index is 12.0. The fraction of sp³-hybridized carbons (Fsp3) is 0.214. The zero-order chi connectivity index (χ0) is 15.5. The minimum absolute atomic E-state index is 0.0985. The Balaban J connectivity index is 1.70. The molecule has 0 fully saturated rings. The van der Waals surface area contributed by atoms with Crippen molar-refractivity contribution in [2.75, 3.05) is 0 Å². The van der Waals surface area contributed by atoms with Crippen molar-refractivity contribution < 1.29 is 13.8 Å². The molecule has 1 amide bonds. The molecule has 0 aliphatic heterocycles. The van der Waals surface area contributed by atoms with Gasteiger partial charge in [-0.05, 0) is 26.0 Å². The van der Waals surface area contributed by atoms with Crippen molar-refractivity contribution >= 4 is 5.91 Å².